The third-order valence-corrected chi connectivity index (χ3v) is 9.57. The fourth-order valence-electron chi connectivity index (χ4n) is 5.45. The summed E-state index contributed by atoms with van der Waals surface area (Å²) in [6.45, 7) is 4.05. The van der Waals surface area contributed by atoms with E-state index >= 15 is 0 Å². The molecule has 0 amide bonds. The van der Waals surface area contributed by atoms with Gasteiger partial charge in [0.1, 0.15) is 6.61 Å². The third-order valence-electron chi connectivity index (χ3n) is 8.58. The van der Waals surface area contributed by atoms with Crippen LogP contribution in [-0.2, 0) is 27.9 Å². The van der Waals surface area contributed by atoms with Gasteiger partial charge >= 0.3 is 13.8 Å². The lowest BCUT2D eigenvalue weighted by Crippen LogP contribution is -2.27. The Morgan fingerprint density at radius 3 is 1.91 bits per heavy atom. The van der Waals surface area contributed by atoms with Crippen LogP contribution in [0.3, 0.4) is 0 Å². The first kappa shape index (κ1) is 51.0. The molecule has 0 spiro atoms. The number of phosphoric ester groups is 1. The normalized spacial score (nSPS) is 14.7. The van der Waals surface area contributed by atoms with Crippen molar-refractivity contribution in [2.24, 2.45) is 5.73 Å². The van der Waals surface area contributed by atoms with Crippen LogP contribution in [0.1, 0.15) is 168 Å². The number of hydrogen-bond donors (Lipinski definition) is 3. The number of rotatable bonds is 39. The summed E-state index contributed by atoms with van der Waals surface area (Å²) in [4.78, 5) is 22.4. The van der Waals surface area contributed by atoms with Crippen molar-refractivity contribution in [2.45, 2.75) is 180 Å². The number of unbranched alkanes of at least 4 members (excludes halogenated alkanes) is 18. The van der Waals surface area contributed by atoms with Gasteiger partial charge in [-0.25, -0.2) is 4.57 Å². The van der Waals surface area contributed by atoms with Gasteiger partial charge in [-0.2, -0.15) is 0 Å². The van der Waals surface area contributed by atoms with Gasteiger partial charge in [0, 0.05) is 13.0 Å². The van der Waals surface area contributed by atoms with Gasteiger partial charge in [-0.15, -0.1) is 0 Å². The topological polar surface area (TPSA) is 138 Å². The van der Waals surface area contributed by atoms with E-state index in [1.54, 1.807) is 12.3 Å². The van der Waals surface area contributed by atoms with Gasteiger partial charge in [0.05, 0.1) is 25.6 Å². The number of allylic oxidation sites excluding steroid dienone is 7. The fraction of sp³-hybridized carbons (Fsp3) is 0.744. The maximum absolute atomic E-state index is 12.5. The van der Waals surface area contributed by atoms with Crippen LogP contribution in [0.15, 0.2) is 60.9 Å². The molecule has 3 atom stereocenters. The predicted octanol–water partition coefficient (Wildman–Crippen LogP) is 11.5. The van der Waals surface area contributed by atoms with Crippen molar-refractivity contribution in [3.05, 3.63) is 60.9 Å². The summed E-state index contributed by atoms with van der Waals surface area (Å²) in [5.74, 6) is -0.433. The second-order valence-electron chi connectivity index (χ2n) is 13.8. The predicted molar refractivity (Wildman–Crippen MR) is 220 cm³/mol. The molecule has 0 saturated carbocycles. The Balaban J connectivity index is 4.28. The second kappa shape index (κ2) is 39.7. The molecule has 53 heavy (non-hydrogen) atoms. The standard InChI is InChI=1S/C43H78NO8P/c1-3-5-7-9-11-12-13-14-15-16-17-18-21-24-28-32-37-49-39-42(40-51-53(47,48)50-38-36-44)52-43(46)35-31-27-23-20-19-22-26-30-34-41(45)33-29-25-10-8-6-4-2/h20,22-23,25-26,29-30,32,34,37,41-42,45H,3-19,21,24,27-28,31,33,35-36,38-40,44H2,1-2H3,(H,47,48)/b23-20-,26-22-,29-25-,34-30+,37-32-/t41-,42?/m0/s1. The summed E-state index contributed by atoms with van der Waals surface area (Å²) < 4.78 is 33.0. The molecule has 0 aliphatic heterocycles. The molecule has 0 rings (SSSR count). The maximum atomic E-state index is 12.5. The molecule has 0 heterocycles. The van der Waals surface area contributed by atoms with Crippen LogP contribution >= 0.6 is 7.82 Å². The summed E-state index contributed by atoms with van der Waals surface area (Å²) in [6.07, 6.45) is 45.0. The van der Waals surface area contributed by atoms with Crippen LogP contribution in [0.2, 0.25) is 0 Å². The molecule has 0 aliphatic carbocycles. The molecule has 0 fully saturated rings. The van der Waals surface area contributed by atoms with E-state index in [0.717, 1.165) is 25.7 Å². The summed E-state index contributed by atoms with van der Waals surface area (Å²) in [6, 6.07) is 0. The molecule has 0 aliphatic rings. The SMILES string of the molecule is CCCCC/C=C\C[C@H](O)/C=C/C=C\C/C=C\CCCC(=O)OC(CO/C=C\CCCCCCCCCCCCCCCC)COP(=O)(O)OCCN. The molecule has 0 aromatic heterocycles. The summed E-state index contributed by atoms with van der Waals surface area (Å²) in [7, 11) is -4.32. The fourth-order valence-corrected chi connectivity index (χ4v) is 6.22. The Kier molecular flexibility index (Phi) is 38.2. The maximum Gasteiger partial charge on any atom is 0.472 e. The summed E-state index contributed by atoms with van der Waals surface area (Å²) in [5.41, 5.74) is 5.35. The number of phosphoric acid groups is 1. The van der Waals surface area contributed by atoms with Crippen LogP contribution in [0, 0.1) is 0 Å². The van der Waals surface area contributed by atoms with Crippen LogP contribution in [0.4, 0.5) is 0 Å². The Morgan fingerprint density at radius 2 is 1.25 bits per heavy atom. The number of ether oxygens (including phenoxy) is 2. The van der Waals surface area contributed by atoms with Crippen molar-refractivity contribution in [1.29, 1.82) is 0 Å². The van der Waals surface area contributed by atoms with Gasteiger partial charge in [0.25, 0.3) is 0 Å². The second-order valence-corrected chi connectivity index (χ2v) is 15.2. The molecular formula is C43H78NO8P. The monoisotopic (exact) mass is 768 g/mol. The number of nitrogens with two attached hydrogens (primary N) is 1. The third kappa shape index (κ3) is 39.5. The molecule has 0 radical (unpaired) electrons. The zero-order chi connectivity index (χ0) is 38.9. The highest BCUT2D eigenvalue weighted by Crippen LogP contribution is 2.43. The van der Waals surface area contributed by atoms with Gasteiger partial charge in [-0.05, 0) is 57.4 Å². The Morgan fingerprint density at radius 1 is 0.679 bits per heavy atom. The Labute approximate surface area is 324 Å². The number of hydrogen-bond acceptors (Lipinski definition) is 8. The van der Waals surface area contributed by atoms with Crippen molar-refractivity contribution in [3.63, 3.8) is 0 Å². The Hall–Kier alpha value is -2.00. The minimum Gasteiger partial charge on any atom is -0.498 e. The summed E-state index contributed by atoms with van der Waals surface area (Å²) >= 11 is 0. The largest absolute Gasteiger partial charge is 0.498 e. The first-order valence-electron chi connectivity index (χ1n) is 20.9. The van der Waals surface area contributed by atoms with Gasteiger partial charge in [0.15, 0.2) is 6.10 Å². The van der Waals surface area contributed by atoms with Crippen molar-refractivity contribution in [2.75, 3.05) is 26.4 Å². The van der Waals surface area contributed by atoms with Gasteiger partial charge < -0.3 is 25.2 Å². The quantitative estimate of drug-likeness (QED) is 0.0139. The van der Waals surface area contributed by atoms with Gasteiger partial charge in [-0.3, -0.25) is 13.8 Å². The Bertz CT molecular complexity index is 1010. The van der Waals surface area contributed by atoms with E-state index in [9.17, 15) is 19.4 Å². The van der Waals surface area contributed by atoms with Crippen molar-refractivity contribution in [3.8, 4) is 0 Å². The van der Waals surface area contributed by atoms with E-state index in [1.807, 2.05) is 42.5 Å². The molecule has 0 saturated heterocycles. The van der Waals surface area contributed by atoms with Crippen molar-refractivity contribution >= 4 is 13.8 Å². The van der Waals surface area contributed by atoms with Gasteiger partial charge in [0.2, 0.25) is 0 Å². The van der Waals surface area contributed by atoms with Crippen LogP contribution < -0.4 is 5.73 Å². The van der Waals surface area contributed by atoms with E-state index in [4.69, 9.17) is 24.3 Å². The molecule has 2 unspecified atom stereocenters. The van der Waals surface area contributed by atoms with Crippen LogP contribution in [-0.4, -0.2) is 54.5 Å². The van der Waals surface area contributed by atoms with Crippen molar-refractivity contribution < 1.29 is 37.9 Å². The van der Waals surface area contributed by atoms with E-state index < -0.39 is 26.0 Å². The van der Waals surface area contributed by atoms with Crippen LogP contribution in [0.25, 0.3) is 0 Å². The first-order valence-corrected chi connectivity index (χ1v) is 22.4. The number of esters is 1. The van der Waals surface area contributed by atoms with E-state index in [-0.39, 0.29) is 32.8 Å². The highest BCUT2D eigenvalue weighted by molar-refractivity contribution is 7.47. The average Bonchev–Trinajstić information content (AvgIpc) is 3.14. The lowest BCUT2D eigenvalue weighted by Gasteiger charge is -2.19. The lowest BCUT2D eigenvalue weighted by molar-refractivity contribution is -0.153. The highest BCUT2D eigenvalue weighted by Gasteiger charge is 2.25. The average molecular weight is 768 g/mol. The van der Waals surface area contributed by atoms with E-state index in [1.165, 1.54) is 103 Å². The molecule has 308 valence electrons. The van der Waals surface area contributed by atoms with E-state index in [0.29, 0.717) is 19.3 Å². The molecule has 9 nitrogen and oxygen atoms in total. The number of aliphatic hydroxyl groups is 1. The molecular weight excluding hydrogens is 689 g/mol. The minimum absolute atomic E-state index is 0.00860. The number of aliphatic hydroxyl groups excluding tert-OH is 1. The molecule has 10 heteroatoms. The molecule has 0 aromatic carbocycles. The molecule has 0 bridgehead atoms. The number of carbonyl (C=O) groups excluding carboxylic acids is 1. The van der Waals surface area contributed by atoms with Crippen LogP contribution in [0.5, 0.6) is 0 Å². The lowest BCUT2D eigenvalue weighted by atomic mass is 10.0. The minimum atomic E-state index is -4.32. The smallest absolute Gasteiger partial charge is 0.472 e. The molecule has 0 aromatic rings. The summed E-state index contributed by atoms with van der Waals surface area (Å²) in [5, 5.41) is 10.0. The number of carbonyl (C=O) groups is 1. The molecule has 4 N–H and O–H groups in total. The van der Waals surface area contributed by atoms with Gasteiger partial charge in [-0.1, -0.05) is 159 Å². The zero-order valence-electron chi connectivity index (χ0n) is 33.6. The zero-order valence-corrected chi connectivity index (χ0v) is 34.5. The van der Waals surface area contributed by atoms with Crippen molar-refractivity contribution in [1.82, 2.24) is 0 Å². The first-order chi connectivity index (χ1) is 25.8. The van der Waals surface area contributed by atoms with E-state index in [2.05, 4.69) is 19.9 Å². The highest BCUT2D eigenvalue weighted by atomic mass is 31.2.